The molecule has 19 heavy (non-hydrogen) atoms. The van der Waals surface area contributed by atoms with E-state index in [-0.39, 0.29) is 5.91 Å². The Morgan fingerprint density at radius 1 is 1.42 bits per heavy atom. The van der Waals surface area contributed by atoms with E-state index in [1.54, 1.807) is 11.3 Å². The maximum atomic E-state index is 11.9. The summed E-state index contributed by atoms with van der Waals surface area (Å²) >= 11 is 6.51. The van der Waals surface area contributed by atoms with Crippen molar-refractivity contribution in [1.29, 1.82) is 0 Å². The molecule has 3 nitrogen and oxygen atoms in total. The summed E-state index contributed by atoms with van der Waals surface area (Å²) in [6, 6.07) is 9.44. The second-order valence-corrected chi connectivity index (χ2v) is 5.67. The Bertz CT molecular complexity index is 606. The van der Waals surface area contributed by atoms with Gasteiger partial charge >= 0.3 is 0 Å². The van der Waals surface area contributed by atoms with Crippen molar-refractivity contribution in [3.05, 3.63) is 51.7 Å². The van der Waals surface area contributed by atoms with Gasteiger partial charge in [-0.05, 0) is 30.0 Å². The lowest BCUT2D eigenvalue weighted by Crippen LogP contribution is -2.16. The number of carbonyl (C=O) groups is 1. The molecule has 3 N–H and O–H groups in total. The molecule has 1 amide bonds. The molecule has 1 heterocycles. The molecule has 5 heteroatoms. The van der Waals surface area contributed by atoms with Gasteiger partial charge in [0.15, 0.2) is 0 Å². The third-order valence-corrected chi connectivity index (χ3v) is 3.82. The fourth-order valence-corrected chi connectivity index (χ4v) is 2.51. The van der Waals surface area contributed by atoms with E-state index in [4.69, 9.17) is 18.0 Å². The highest BCUT2D eigenvalue weighted by atomic mass is 32.1. The standard InChI is InChI=1S/C14H14N2OS2/c1-9-4-5-10(14(15)18)7-12(9)16-13(17)8-11-3-2-6-19-11/h2-7H,8H2,1H3,(H2,15,18)(H,16,17). The van der Waals surface area contributed by atoms with Gasteiger partial charge in [-0.2, -0.15) is 0 Å². The monoisotopic (exact) mass is 290 g/mol. The topological polar surface area (TPSA) is 55.1 Å². The van der Waals surface area contributed by atoms with Gasteiger partial charge < -0.3 is 11.1 Å². The van der Waals surface area contributed by atoms with E-state index in [1.807, 2.05) is 42.6 Å². The maximum absolute atomic E-state index is 11.9. The van der Waals surface area contributed by atoms with Crippen LogP contribution in [0.5, 0.6) is 0 Å². The lowest BCUT2D eigenvalue weighted by Gasteiger charge is -2.09. The van der Waals surface area contributed by atoms with Gasteiger partial charge in [0.2, 0.25) is 5.91 Å². The van der Waals surface area contributed by atoms with Gasteiger partial charge in [0, 0.05) is 16.1 Å². The van der Waals surface area contributed by atoms with E-state index in [0.717, 1.165) is 21.7 Å². The number of amides is 1. The number of anilines is 1. The van der Waals surface area contributed by atoms with Crippen LogP contribution in [0.4, 0.5) is 5.69 Å². The molecule has 1 aromatic heterocycles. The summed E-state index contributed by atoms with van der Waals surface area (Å²) < 4.78 is 0. The van der Waals surface area contributed by atoms with Crippen molar-refractivity contribution in [3.8, 4) is 0 Å². The van der Waals surface area contributed by atoms with E-state index in [1.165, 1.54) is 0 Å². The first-order valence-electron chi connectivity index (χ1n) is 5.79. The van der Waals surface area contributed by atoms with Crippen LogP contribution in [0.3, 0.4) is 0 Å². The highest BCUT2D eigenvalue weighted by Crippen LogP contribution is 2.18. The SMILES string of the molecule is Cc1ccc(C(N)=S)cc1NC(=O)Cc1cccs1. The molecule has 1 aromatic carbocycles. The summed E-state index contributed by atoms with van der Waals surface area (Å²) in [4.78, 5) is 13.3. The van der Waals surface area contributed by atoms with Gasteiger partial charge in [0.25, 0.3) is 0 Å². The van der Waals surface area contributed by atoms with Crippen molar-refractivity contribution in [2.45, 2.75) is 13.3 Å². The van der Waals surface area contributed by atoms with E-state index in [2.05, 4.69) is 5.32 Å². The molecule has 0 spiro atoms. The Kier molecular flexibility index (Phi) is 4.29. The van der Waals surface area contributed by atoms with Crippen molar-refractivity contribution < 1.29 is 4.79 Å². The molecule has 2 aromatic rings. The van der Waals surface area contributed by atoms with E-state index >= 15 is 0 Å². The second-order valence-electron chi connectivity index (χ2n) is 4.20. The molecule has 0 unspecified atom stereocenters. The lowest BCUT2D eigenvalue weighted by molar-refractivity contribution is -0.115. The summed E-state index contributed by atoms with van der Waals surface area (Å²) in [5, 5.41) is 4.86. The molecule has 98 valence electrons. The molecule has 0 aliphatic heterocycles. The van der Waals surface area contributed by atoms with Gasteiger partial charge in [0.1, 0.15) is 4.99 Å². The summed E-state index contributed by atoms with van der Waals surface area (Å²) in [5.41, 5.74) is 8.09. The van der Waals surface area contributed by atoms with Gasteiger partial charge in [0.05, 0.1) is 6.42 Å². The Labute approximate surface area is 121 Å². The molecular formula is C14H14N2OS2. The van der Waals surface area contributed by atoms with Crippen molar-refractivity contribution in [2.75, 3.05) is 5.32 Å². The highest BCUT2D eigenvalue weighted by molar-refractivity contribution is 7.80. The zero-order valence-corrected chi connectivity index (χ0v) is 12.1. The van der Waals surface area contributed by atoms with Crippen molar-refractivity contribution in [2.24, 2.45) is 5.73 Å². The van der Waals surface area contributed by atoms with Gasteiger partial charge in [-0.3, -0.25) is 4.79 Å². The molecule has 0 bridgehead atoms. The molecular weight excluding hydrogens is 276 g/mol. The van der Waals surface area contributed by atoms with Crippen LogP contribution in [0.2, 0.25) is 0 Å². The second kappa shape index (κ2) is 5.95. The van der Waals surface area contributed by atoms with Gasteiger partial charge in [-0.15, -0.1) is 11.3 Å². The number of aryl methyl sites for hydroxylation is 1. The number of benzene rings is 1. The van der Waals surface area contributed by atoms with Crippen LogP contribution in [0, 0.1) is 6.92 Å². The van der Waals surface area contributed by atoms with Gasteiger partial charge in [-0.25, -0.2) is 0 Å². The number of hydrogen-bond acceptors (Lipinski definition) is 3. The minimum atomic E-state index is -0.0364. The Balaban J connectivity index is 2.11. The van der Waals surface area contributed by atoms with Crippen LogP contribution < -0.4 is 11.1 Å². The Hall–Kier alpha value is -1.72. The summed E-state index contributed by atoms with van der Waals surface area (Å²) in [6.45, 7) is 1.93. The molecule has 0 saturated carbocycles. The maximum Gasteiger partial charge on any atom is 0.229 e. The zero-order chi connectivity index (χ0) is 13.8. The smallest absolute Gasteiger partial charge is 0.229 e. The normalized spacial score (nSPS) is 10.2. The number of carbonyl (C=O) groups excluding carboxylic acids is 1. The average Bonchev–Trinajstić information content (AvgIpc) is 2.84. The summed E-state index contributed by atoms with van der Waals surface area (Å²) in [6.07, 6.45) is 0.383. The molecule has 0 aliphatic carbocycles. The van der Waals surface area contributed by atoms with E-state index < -0.39 is 0 Å². The number of rotatable bonds is 4. The first-order chi connectivity index (χ1) is 9.06. The van der Waals surface area contributed by atoms with Crippen molar-refractivity contribution in [1.82, 2.24) is 0 Å². The minimum absolute atomic E-state index is 0.0364. The van der Waals surface area contributed by atoms with Crippen LogP contribution in [-0.2, 0) is 11.2 Å². The molecule has 0 radical (unpaired) electrons. The predicted molar refractivity (Wildman–Crippen MR) is 83.7 cm³/mol. The van der Waals surface area contributed by atoms with Crippen LogP contribution in [0.1, 0.15) is 16.0 Å². The quantitative estimate of drug-likeness (QED) is 0.851. The van der Waals surface area contributed by atoms with Crippen molar-refractivity contribution in [3.63, 3.8) is 0 Å². The molecule has 0 saturated heterocycles. The molecule has 2 rings (SSSR count). The zero-order valence-electron chi connectivity index (χ0n) is 10.5. The number of thiophene rings is 1. The first-order valence-corrected chi connectivity index (χ1v) is 7.08. The lowest BCUT2D eigenvalue weighted by atomic mass is 10.1. The fraction of sp³-hybridized carbons (Fsp3) is 0.143. The van der Waals surface area contributed by atoms with Crippen LogP contribution >= 0.6 is 23.6 Å². The molecule has 0 atom stereocenters. The Morgan fingerprint density at radius 2 is 2.21 bits per heavy atom. The molecule has 0 aliphatic rings. The summed E-state index contributed by atoms with van der Waals surface area (Å²) in [5.74, 6) is -0.0364. The van der Waals surface area contributed by atoms with E-state index in [9.17, 15) is 4.79 Å². The van der Waals surface area contributed by atoms with E-state index in [0.29, 0.717) is 11.4 Å². The number of hydrogen-bond donors (Lipinski definition) is 2. The third kappa shape index (κ3) is 3.62. The predicted octanol–water partition coefficient (Wildman–Crippen LogP) is 2.87. The minimum Gasteiger partial charge on any atom is -0.389 e. The highest BCUT2D eigenvalue weighted by Gasteiger charge is 2.08. The fourth-order valence-electron chi connectivity index (χ4n) is 1.68. The average molecular weight is 290 g/mol. The number of thiocarbonyl (C=S) groups is 1. The van der Waals surface area contributed by atoms with Crippen LogP contribution in [0.25, 0.3) is 0 Å². The number of nitrogens with one attached hydrogen (secondary N) is 1. The van der Waals surface area contributed by atoms with Crippen molar-refractivity contribution >= 4 is 40.1 Å². The Morgan fingerprint density at radius 3 is 2.84 bits per heavy atom. The van der Waals surface area contributed by atoms with Gasteiger partial charge in [-0.1, -0.05) is 30.4 Å². The first kappa shape index (κ1) is 13.7. The van der Waals surface area contributed by atoms with Crippen LogP contribution in [-0.4, -0.2) is 10.9 Å². The molecule has 0 fully saturated rings. The largest absolute Gasteiger partial charge is 0.389 e. The number of nitrogens with two attached hydrogens (primary N) is 1. The summed E-state index contributed by atoms with van der Waals surface area (Å²) in [7, 11) is 0. The van der Waals surface area contributed by atoms with Crippen LogP contribution in [0.15, 0.2) is 35.7 Å². The third-order valence-electron chi connectivity index (χ3n) is 2.71.